The lowest BCUT2D eigenvalue weighted by atomic mass is 10.2. The maximum atomic E-state index is 5.69. The number of rotatable bonds is 5. The highest BCUT2D eigenvalue weighted by Crippen LogP contribution is 2.20. The average molecular weight is 271 g/mol. The number of anilines is 2. The second-order valence-electron chi connectivity index (χ2n) is 5.31. The highest BCUT2D eigenvalue weighted by atomic mass is 16.5. The summed E-state index contributed by atoms with van der Waals surface area (Å²) in [5.41, 5.74) is 2.10. The van der Waals surface area contributed by atoms with Gasteiger partial charge in [0.15, 0.2) is 0 Å². The Morgan fingerprint density at radius 3 is 2.95 bits per heavy atom. The van der Waals surface area contributed by atoms with Gasteiger partial charge in [0, 0.05) is 25.0 Å². The van der Waals surface area contributed by atoms with Crippen molar-refractivity contribution in [1.82, 2.24) is 9.55 Å². The molecule has 4 nitrogen and oxygen atoms in total. The summed E-state index contributed by atoms with van der Waals surface area (Å²) in [7, 11) is 0. The number of aromatic nitrogens is 2. The van der Waals surface area contributed by atoms with E-state index in [0.29, 0.717) is 6.10 Å². The summed E-state index contributed by atoms with van der Waals surface area (Å²) in [4.78, 5) is 4.56. The summed E-state index contributed by atoms with van der Waals surface area (Å²) in [5.74, 6) is 0.909. The fraction of sp³-hybridized carbons (Fsp3) is 0.438. The molecular weight excluding hydrogens is 250 g/mol. The van der Waals surface area contributed by atoms with Crippen molar-refractivity contribution in [3.63, 3.8) is 0 Å². The Morgan fingerprint density at radius 1 is 1.35 bits per heavy atom. The van der Waals surface area contributed by atoms with Gasteiger partial charge in [-0.05, 0) is 38.3 Å². The molecule has 1 aliphatic rings. The van der Waals surface area contributed by atoms with E-state index >= 15 is 0 Å². The molecule has 2 aromatic rings. The third-order valence-corrected chi connectivity index (χ3v) is 3.64. The van der Waals surface area contributed by atoms with E-state index in [0.717, 1.165) is 36.9 Å². The van der Waals surface area contributed by atoms with E-state index in [9.17, 15) is 0 Å². The van der Waals surface area contributed by atoms with Crippen LogP contribution in [0.4, 0.5) is 11.6 Å². The van der Waals surface area contributed by atoms with Gasteiger partial charge in [-0.2, -0.15) is 0 Å². The first-order valence-electron chi connectivity index (χ1n) is 7.29. The van der Waals surface area contributed by atoms with Crippen LogP contribution < -0.4 is 5.32 Å². The van der Waals surface area contributed by atoms with Gasteiger partial charge in [0.2, 0.25) is 5.95 Å². The number of hydrogen-bond acceptors (Lipinski definition) is 3. The number of ether oxygens (including phenoxy) is 1. The Morgan fingerprint density at radius 2 is 2.20 bits per heavy atom. The summed E-state index contributed by atoms with van der Waals surface area (Å²) < 4.78 is 7.87. The van der Waals surface area contributed by atoms with Crippen LogP contribution in [0.25, 0.3) is 0 Å². The molecule has 1 atom stereocenters. The van der Waals surface area contributed by atoms with Crippen molar-refractivity contribution in [3.8, 4) is 0 Å². The predicted molar refractivity (Wildman–Crippen MR) is 80.3 cm³/mol. The number of aryl methyl sites for hydroxylation is 2. The molecule has 20 heavy (non-hydrogen) atoms. The highest BCUT2D eigenvalue weighted by molar-refractivity contribution is 5.53. The third-order valence-electron chi connectivity index (χ3n) is 3.64. The van der Waals surface area contributed by atoms with Gasteiger partial charge in [0.25, 0.3) is 0 Å². The molecule has 0 bridgehead atoms. The highest BCUT2D eigenvalue weighted by Gasteiger charge is 2.16. The van der Waals surface area contributed by atoms with Crippen LogP contribution in [0, 0.1) is 6.92 Å². The van der Waals surface area contributed by atoms with E-state index in [-0.39, 0.29) is 0 Å². The maximum Gasteiger partial charge on any atom is 0.207 e. The summed E-state index contributed by atoms with van der Waals surface area (Å²) in [6.07, 6.45) is 5.96. The smallest absolute Gasteiger partial charge is 0.207 e. The van der Waals surface area contributed by atoms with Crippen LogP contribution in [0.1, 0.15) is 25.0 Å². The van der Waals surface area contributed by atoms with Crippen molar-refractivity contribution in [2.75, 3.05) is 11.9 Å². The van der Waals surface area contributed by atoms with Crippen LogP contribution in [0.3, 0.4) is 0 Å². The lowest BCUT2D eigenvalue weighted by molar-refractivity contribution is 0.100. The summed E-state index contributed by atoms with van der Waals surface area (Å²) in [6.45, 7) is 3.89. The lowest BCUT2D eigenvalue weighted by Gasteiger charge is -2.12. The van der Waals surface area contributed by atoms with Crippen LogP contribution in [-0.4, -0.2) is 22.3 Å². The molecule has 106 valence electrons. The second kappa shape index (κ2) is 6.09. The molecule has 0 aliphatic carbocycles. The molecule has 2 heterocycles. The molecule has 3 rings (SSSR count). The Hall–Kier alpha value is -1.81. The maximum absolute atomic E-state index is 5.69. The van der Waals surface area contributed by atoms with E-state index < -0.39 is 0 Å². The molecule has 0 radical (unpaired) electrons. The molecule has 0 saturated carbocycles. The van der Waals surface area contributed by atoms with Crippen LogP contribution in [0.2, 0.25) is 0 Å². The zero-order valence-electron chi connectivity index (χ0n) is 11.9. The van der Waals surface area contributed by atoms with Crippen molar-refractivity contribution in [2.45, 2.75) is 38.8 Å². The molecule has 1 N–H and O–H groups in total. The Bertz CT molecular complexity index is 544. The fourth-order valence-electron chi connectivity index (χ4n) is 2.62. The predicted octanol–water partition coefficient (Wildman–Crippen LogP) is 3.50. The van der Waals surface area contributed by atoms with Gasteiger partial charge in [-0.1, -0.05) is 18.2 Å². The van der Waals surface area contributed by atoms with Crippen molar-refractivity contribution in [3.05, 3.63) is 42.2 Å². The molecule has 0 spiro atoms. The molecule has 1 saturated heterocycles. The first kappa shape index (κ1) is 13.2. The van der Waals surface area contributed by atoms with Crippen LogP contribution in [0.5, 0.6) is 0 Å². The molecule has 1 fully saturated rings. The Labute approximate surface area is 119 Å². The van der Waals surface area contributed by atoms with Gasteiger partial charge < -0.3 is 14.6 Å². The molecule has 1 aliphatic heterocycles. The van der Waals surface area contributed by atoms with Gasteiger partial charge in [-0.25, -0.2) is 4.98 Å². The number of imidazole rings is 1. The van der Waals surface area contributed by atoms with Crippen molar-refractivity contribution in [1.29, 1.82) is 0 Å². The van der Waals surface area contributed by atoms with Crippen LogP contribution in [-0.2, 0) is 11.3 Å². The minimum atomic E-state index is 0.419. The monoisotopic (exact) mass is 271 g/mol. The molecular formula is C16H21N3O. The van der Waals surface area contributed by atoms with E-state index in [1.54, 1.807) is 0 Å². The Balaban J connectivity index is 1.67. The van der Waals surface area contributed by atoms with Gasteiger partial charge in [0.1, 0.15) is 0 Å². The number of benzene rings is 1. The van der Waals surface area contributed by atoms with Gasteiger partial charge in [-0.15, -0.1) is 0 Å². The number of nitrogens with one attached hydrogen (secondary N) is 1. The first-order valence-corrected chi connectivity index (χ1v) is 7.29. The second-order valence-corrected chi connectivity index (χ2v) is 5.31. The van der Waals surface area contributed by atoms with E-state index in [4.69, 9.17) is 4.74 Å². The van der Waals surface area contributed by atoms with Gasteiger partial charge >= 0.3 is 0 Å². The van der Waals surface area contributed by atoms with E-state index in [2.05, 4.69) is 33.2 Å². The Kier molecular flexibility index (Phi) is 4.02. The number of nitrogens with zero attached hydrogens (tertiary/aromatic N) is 2. The zero-order chi connectivity index (χ0) is 13.8. The van der Waals surface area contributed by atoms with Crippen molar-refractivity contribution in [2.24, 2.45) is 0 Å². The van der Waals surface area contributed by atoms with E-state index in [1.807, 2.05) is 25.1 Å². The fourth-order valence-corrected chi connectivity index (χ4v) is 2.62. The van der Waals surface area contributed by atoms with Crippen LogP contribution >= 0.6 is 0 Å². The average Bonchev–Trinajstić information content (AvgIpc) is 3.07. The zero-order valence-corrected chi connectivity index (χ0v) is 11.9. The van der Waals surface area contributed by atoms with Crippen LogP contribution in [0.15, 0.2) is 36.5 Å². The van der Waals surface area contributed by atoms with Gasteiger partial charge in [-0.3, -0.25) is 0 Å². The number of hydrogen-bond donors (Lipinski definition) is 1. The SMILES string of the molecule is Cc1cn(CCC2CCCO2)c(Nc2ccccc2)n1. The standard InChI is InChI=1S/C16H21N3O/c1-13-12-19(10-9-15-8-5-11-20-15)16(17-13)18-14-6-3-2-4-7-14/h2-4,6-7,12,15H,5,8-11H2,1H3,(H,17,18). The van der Waals surface area contributed by atoms with E-state index in [1.165, 1.54) is 12.8 Å². The largest absolute Gasteiger partial charge is 0.378 e. The molecule has 1 unspecified atom stereocenters. The topological polar surface area (TPSA) is 39.1 Å². The van der Waals surface area contributed by atoms with Crippen molar-refractivity contribution < 1.29 is 4.74 Å². The minimum Gasteiger partial charge on any atom is -0.378 e. The summed E-state index contributed by atoms with van der Waals surface area (Å²) >= 11 is 0. The third kappa shape index (κ3) is 3.20. The van der Waals surface area contributed by atoms with Gasteiger partial charge in [0.05, 0.1) is 11.8 Å². The normalized spacial score (nSPS) is 18.4. The summed E-state index contributed by atoms with van der Waals surface area (Å²) in [6, 6.07) is 10.2. The quantitative estimate of drug-likeness (QED) is 0.904. The molecule has 4 heteroatoms. The minimum absolute atomic E-state index is 0.419. The molecule has 0 amide bonds. The number of para-hydroxylation sites is 1. The summed E-state index contributed by atoms with van der Waals surface area (Å²) in [5, 5.41) is 3.38. The molecule has 1 aromatic carbocycles. The molecule has 1 aromatic heterocycles. The van der Waals surface area contributed by atoms with Crippen molar-refractivity contribution >= 4 is 11.6 Å². The first-order chi connectivity index (χ1) is 9.81. The lowest BCUT2D eigenvalue weighted by Crippen LogP contribution is -2.11.